The molecule has 0 saturated heterocycles. The molecule has 0 radical (unpaired) electrons. The second-order valence-electron chi connectivity index (χ2n) is 5.53. The zero-order chi connectivity index (χ0) is 17.2. The third-order valence-corrected chi connectivity index (χ3v) is 5.75. The van der Waals surface area contributed by atoms with Crippen LogP contribution in [0.25, 0.3) is 22.0 Å². The lowest BCUT2D eigenvalue weighted by molar-refractivity contribution is -0.115. The summed E-state index contributed by atoms with van der Waals surface area (Å²) < 4.78 is 0.690. The zero-order valence-electron chi connectivity index (χ0n) is 13.0. The molecule has 0 aliphatic heterocycles. The molecule has 124 valence electrons. The van der Waals surface area contributed by atoms with Crippen molar-refractivity contribution in [2.45, 2.75) is 6.42 Å². The monoisotopic (exact) mass is 384 g/mol. The number of thiazole rings is 1. The molecule has 4 aromatic rings. The van der Waals surface area contributed by atoms with Crippen LogP contribution in [0.5, 0.6) is 0 Å². The topological polar surface area (TPSA) is 42.0 Å². The van der Waals surface area contributed by atoms with Crippen molar-refractivity contribution in [3.63, 3.8) is 0 Å². The first-order valence-corrected chi connectivity index (χ1v) is 9.73. The Morgan fingerprint density at radius 2 is 1.92 bits per heavy atom. The summed E-state index contributed by atoms with van der Waals surface area (Å²) in [5.41, 5.74) is 1.91. The summed E-state index contributed by atoms with van der Waals surface area (Å²) in [6, 6.07) is 18.1. The molecule has 0 aliphatic rings. The van der Waals surface area contributed by atoms with Crippen molar-refractivity contribution in [3.8, 4) is 11.3 Å². The van der Waals surface area contributed by atoms with Gasteiger partial charge in [-0.3, -0.25) is 4.79 Å². The van der Waals surface area contributed by atoms with Crippen LogP contribution < -0.4 is 5.32 Å². The third-order valence-electron chi connectivity index (χ3n) is 3.76. The van der Waals surface area contributed by atoms with Gasteiger partial charge >= 0.3 is 0 Å². The first-order chi connectivity index (χ1) is 12.2. The van der Waals surface area contributed by atoms with Crippen LogP contribution in [0.15, 0.2) is 60.0 Å². The van der Waals surface area contributed by atoms with E-state index in [1.807, 2.05) is 23.6 Å². The van der Waals surface area contributed by atoms with E-state index < -0.39 is 0 Å². The number of rotatable bonds is 4. The Balaban J connectivity index is 1.50. The van der Waals surface area contributed by atoms with Gasteiger partial charge in [0.05, 0.1) is 16.5 Å². The van der Waals surface area contributed by atoms with Gasteiger partial charge in [0.25, 0.3) is 0 Å². The van der Waals surface area contributed by atoms with E-state index >= 15 is 0 Å². The van der Waals surface area contributed by atoms with Crippen molar-refractivity contribution in [1.82, 2.24) is 4.98 Å². The number of hydrogen-bond donors (Lipinski definition) is 1. The van der Waals surface area contributed by atoms with Crippen molar-refractivity contribution < 1.29 is 4.79 Å². The van der Waals surface area contributed by atoms with E-state index in [0.717, 1.165) is 16.1 Å². The summed E-state index contributed by atoms with van der Waals surface area (Å²) in [5.74, 6) is -0.0853. The molecule has 0 fully saturated rings. The van der Waals surface area contributed by atoms with E-state index in [1.54, 1.807) is 6.07 Å². The van der Waals surface area contributed by atoms with E-state index in [4.69, 9.17) is 11.6 Å². The Labute approximate surface area is 157 Å². The number of aromatic nitrogens is 1. The van der Waals surface area contributed by atoms with Crippen LogP contribution in [0.1, 0.15) is 4.88 Å². The summed E-state index contributed by atoms with van der Waals surface area (Å²) >= 11 is 8.74. The quantitative estimate of drug-likeness (QED) is 0.478. The maximum atomic E-state index is 12.1. The highest BCUT2D eigenvalue weighted by atomic mass is 35.5. The molecule has 6 heteroatoms. The molecule has 0 bridgehead atoms. The number of nitrogens with one attached hydrogen (secondary N) is 1. The summed E-state index contributed by atoms with van der Waals surface area (Å²) in [6.45, 7) is 0. The molecular formula is C19H13ClN2OS2. The highest BCUT2D eigenvalue weighted by Crippen LogP contribution is 2.28. The number of carbonyl (C=O) groups excluding carboxylic acids is 1. The van der Waals surface area contributed by atoms with Gasteiger partial charge in [0.15, 0.2) is 5.13 Å². The highest BCUT2D eigenvalue weighted by molar-refractivity contribution is 7.16. The maximum Gasteiger partial charge on any atom is 0.231 e. The fourth-order valence-electron chi connectivity index (χ4n) is 2.58. The van der Waals surface area contributed by atoms with Gasteiger partial charge in [-0.1, -0.05) is 48.0 Å². The number of halogens is 1. The second kappa shape index (κ2) is 6.96. The predicted octanol–water partition coefficient (Wildman–Crippen LogP) is 5.86. The van der Waals surface area contributed by atoms with Gasteiger partial charge < -0.3 is 5.32 Å². The molecule has 2 aromatic heterocycles. The first kappa shape index (κ1) is 16.3. The lowest BCUT2D eigenvalue weighted by Crippen LogP contribution is -2.13. The number of thiophene rings is 1. The van der Waals surface area contributed by atoms with Crippen LogP contribution in [0.3, 0.4) is 0 Å². The minimum atomic E-state index is -0.0853. The molecule has 0 atom stereocenters. The number of benzene rings is 2. The minimum Gasteiger partial charge on any atom is -0.302 e. The van der Waals surface area contributed by atoms with Crippen molar-refractivity contribution in [2.24, 2.45) is 0 Å². The number of hydrogen-bond acceptors (Lipinski definition) is 4. The van der Waals surface area contributed by atoms with E-state index in [9.17, 15) is 4.79 Å². The molecule has 25 heavy (non-hydrogen) atoms. The van der Waals surface area contributed by atoms with Gasteiger partial charge in [-0.05, 0) is 29.0 Å². The van der Waals surface area contributed by atoms with E-state index in [2.05, 4.69) is 40.6 Å². The average molecular weight is 385 g/mol. The minimum absolute atomic E-state index is 0.0853. The normalized spacial score (nSPS) is 10.9. The number of fused-ring (bicyclic) bond motifs is 1. The molecule has 0 saturated carbocycles. The van der Waals surface area contributed by atoms with Crippen LogP contribution in [-0.4, -0.2) is 10.9 Å². The van der Waals surface area contributed by atoms with Gasteiger partial charge in [0, 0.05) is 15.8 Å². The molecule has 0 aliphatic carbocycles. The lowest BCUT2D eigenvalue weighted by Gasteiger charge is -2.01. The first-order valence-electron chi connectivity index (χ1n) is 7.66. The smallest absolute Gasteiger partial charge is 0.231 e. The van der Waals surface area contributed by atoms with Crippen LogP contribution >= 0.6 is 34.3 Å². The van der Waals surface area contributed by atoms with Crippen LogP contribution in [0.2, 0.25) is 4.34 Å². The predicted molar refractivity (Wildman–Crippen MR) is 107 cm³/mol. The molecule has 1 N–H and O–H groups in total. The number of carbonyl (C=O) groups is 1. The number of nitrogens with zero attached hydrogens (tertiary/aromatic N) is 1. The highest BCUT2D eigenvalue weighted by Gasteiger charge is 2.10. The maximum absolute atomic E-state index is 12.1. The van der Waals surface area contributed by atoms with Gasteiger partial charge in [-0.2, -0.15) is 0 Å². The molecule has 2 heterocycles. The van der Waals surface area contributed by atoms with Gasteiger partial charge in [-0.25, -0.2) is 4.98 Å². The summed E-state index contributed by atoms with van der Waals surface area (Å²) in [6.07, 6.45) is 0.308. The van der Waals surface area contributed by atoms with Gasteiger partial charge in [0.2, 0.25) is 5.91 Å². The fourth-order valence-corrected chi connectivity index (χ4v) is 4.40. The van der Waals surface area contributed by atoms with Gasteiger partial charge in [-0.15, -0.1) is 22.7 Å². The fraction of sp³-hybridized carbons (Fsp3) is 0.0526. The zero-order valence-corrected chi connectivity index (χ0v) is 15.4. The lowest BCUT2D eigenvalue weighted by atomic mass is 10.1. The molecule has 1 amide bonds. The molecule has 3 nitrogen and oxygen atoms in total. The molecule has 2 aromatic carbocycles. The average Bonchev–Trinajstić information content (AvgIpc) is 3.23. The third kappa shape index (κ3) is 3.74. The summed E-state index contributed by atoms with van der Waals surface area (Å²) in [7, 11) is 0. The van der Waals surface area contributed by atoms with Crippen LogP contribution in [0, 0.1) is 0 Å². The number of amides is 1. The SMILES string of the molecule is O=C(Cc1ccc(Cl)s1)Nc1nc(-c2ccc3ccccc3c2)cs1. The van der Waals surface area contributed by atoms with Crippen LogP contribution in [-0.2, 0) is 11.2 Å². The van der Waals surface area contributed by atoms with E-state index in [-0.39, 0.29) is 5.91 Å². The summed E-state index contributed by atoms with van der Waals surface area (Å²) in [5, 5.41) is 7.80. The standard InChI is InChI=1S/C19H13ClN2OS2/c20-17-8-7-15(25-17)10-18(23)22-19-21-16(11-24-19)14-6-5-12-3-1-2-4-13(12)9-14/h1-9,11H,10H2,(H,21,22,23). The Morgan fingerprint density at radius 1 is 1.08 bits per heavy atom. The molecule has 0 unspecified atom stereocenters. The van der Waals surface area contributed by atoms with Crippen LogP contribution in [0.4, 0.5) is 5.13 Å². The molecule has 0 spiro atoms. The Morgan fingerprint density at radius 3 is 2.72 bits per heavy atom. The Bertz CT molecular complexity index is 1050. The van der Waals surface area contributed by atoms with E-state index in [0.29, 0.717) is 15.9 Å². The van der Waals surface area contributed by atoms with Crippen molar-refractivity contribution >= 4 is 56.1 Å². The van der Waals surface area contributed by atoms with Crippen molar-refractivity contribution in [3.05, 3.63) is 69.2 Å². The van der Waals surface area contributed by atoms with E-state index in [1.165, 1.54) is 33.4 Å². The molecular weight excluding hydrogens is 372 g/mol. The number of anilines is 1. The van der Waals surface area contributed by atoms with Gasteiger partial charge in [0.1, 0.15) is 0 Å². The Hall–Kier alpha value is -2.21. The Kier molecular flexibility index (Phi) is 4.53. The second-order valence-corrected chi connectivity index (χ2v) is 8.19. The largest absolute Gasteiger partial charge is 0.302 e. The van der Waals surface area contributed by atoms with Crippen molar-refractivity contribution in [2.75, 3.05) is 5.32 Å². The molecule has 4 rings (SSSR count). The summed E-state index contributed by atoms with van der Waals surface area (Å²) in [4.78, 5) is 17.6. The van der Waals surface area contributed by atoms with Crippen molar-refractivity contribution in [1.29, 1.82) is 0 Å².